The Balaban J connectivity index is 1.20. The zero-order valence-corrected chi connectivity index (χ0v) is 24.2. The summed E-state index contributed by atoms with van der Waals surface area (Å²) in [5.74, 6) is -0.273. The number of anilines is 1. The van der Waals surface area contributed by atoms with Gasteiger partial charge in [-0.1, -0.05) is 57.2 Å². The summed E-state index contributed by atoms with van der Waals surface area (Å²) in [6.45, 7) is 8.47. The molecule has 0 aliphatic carbocycles. The van der Waals surface area contributed by atoms with Crippen LogP contribution in [0.3, 0.4) is 0 Å². The summed E-state index contributed by atoms with van der Waals surface area (Å²) in [5.41, 5.74) is 4.78. The molecule has 0 unspecified atom stereocenters. The molecule has 0 atom stereocenters. The number of piperazine rings is 1. The summed E-state index contributed by atoms with van der Waals surface area (Å²) in [6.07, 6.45) is 9.78. The van der Waals surface area contributed by atoms with Crippen molar-refractivity contribution in [1.82, 2.24) is 14.8 Å². The topological polar surface area (TPSA) is 77.5 Å². The Labute approximate surface area is 239 Å². The number of nitrogens with zero attached hydrogens (tertiary/aromatic N) is 4. The van der Waals surface area contributed by atoms with Crippen LogP contribution in [0.15, 0.2) is 47.6 Å². The van der Waals surface area contributed by atoms with E-state index in [0.29, 0.717) is 25.3 Å². The molecule has 0 saturated carbocycles. The highest BCUT2D eigenvalue weighted by atomic mass is 16.5. The van der Waals surface area contributed by atoms with E-state index in [1.54, 1.807) is 0 Å². The number of benzene rings is 2. The van der Waals surface area contributed by atoms with E-state index in [2.05, 4.69) is 51.3 Å². The first-order valence-electron chi connectivity index (χ1n) is 14.9. The Morgan fingerprint density at radius 2 is 1.68 bits per heavy atom. The van der Waals surface area contributed by atoms with Crippen LogP contribution in [0.2, 0.25) is 0 Å². The van der Waals surface area contributed by atoms with Crippen LogP contribution in [0.4, 0.5) is 5.69 Å². The minimum absolute atomic E-state index is 0.131. The number of unbranched alkanes of at least 4 members (excludes halogenated alkanes) is 5. The van der Waals surface area contributed by atoms with Gasteiger partial charge in [0.25, 0.3) is 5.91 Å². The number of likely N-dealkylation sites (N-methyl/N-ethyl adjacent to an activating group) is 1. The quantitative estimate of drug-likeness (QED) is 0.221. The minimum Gasteiger partial charge on any atom is -0.465 e. The average Bonchev–Trinajstić information content (AvgIpc) is 2.96. The van der Waals surface area contributed by atoms with Gasteiger partial charge in [0.1, 0.15) is 0 Å². The highest BCUT2D eigenvalue weighted by Gasteiger charge is 2.20. The van der Waals surface area contributed by atoms with Gasteiger partial charge in [-0.3, -0.25) is 19.5 Å². The molecule has 0 bridgehead atoms. The summed E-state index contributed by atoms with van der Waals surface area (Å²) in [5, 5.41) is 9.68. The first kappa shape index (κ1) is 29.7. The number of nitrogens with one attached hydrogen (secondary N) is 1. The van der Waals surface area contributed by atoms with Crippen molar-refractivity contribution in [2.45, 2.75) is 58.4 Å². The molecular weight excluding hydrogens is 502 g/mol. The lowest BCUT2D eigenvalue weighted by atomic mass is 9.99. The lowest BCUT2D eigenvalue weighted by molar-refractivity contribution is -0.145. The summed E-state index contributed by atoms with van der Waals surface area (Å²) in [6, 6.07) is 13.6. The molecule has 2 aromatic carbocycles. The van der Waals surface area contributed by atoms with Crippen molar-refractivity contribution in [3.63, 3.8) is 0 Å². The maximum atomic E-state index is 12.9. The fourth-order valence-corrected chi connectivity index (χ4v) is 5.10. The van der Waals surface area contributed by atoms with Crippen LogP contribution in [-0.2, 0) is 22.5 Å². The molecule has 1 amide bonds. The first-order valence-corrected chi connectivity index (χ1v) is 14.9. The number of amides is 1. The van der Waals surface area contributed by atoms with Crippen LogP contribution >= 0.6 is 0 Å². The van der Waals surface area contributed by atoms with Gasteiger partial charge in [-0.25, -0.2) is 0 Å². The molecule has 1 N–H and O–H groups in total. The van der Waals surface area contributed by atoms with Crippen molar-refractivity contribution in [1.29, 1.82) is 0 Å². The fraction of sp³-hybridized carbons (Fsp3) is 0.531. The second kappa shape index (κ2) is 15.5. The number of hydrogen-bond acceptors (Lipinski definition) is 7. The van der Waals surface area contributed by atoms with E-state index < -0.39 is 0 Å². The van der Waals surface area contributed by atoms with Crippen molar-refractivity contribution < 1.29 is 14.3 Å². The molecule has 2 aliphatic heterocycles. The predicted octanol–water partition coefficient (Wildman–Crippen LogP) is 4.78. The molecule has 0 spiro atoms. The van der Waals surface area contributed by atoms with Crippen molar-refractivity contribution in [3.05, 3.63) is 64.7 Å². The number of fused-ring (bicyclic) bond motifs is 1. The van der Waals surface area contributed by atoms with Crippen LogP contribution in [0.25, 0.3) is 0 Å². The monoisotopic (exact) mass is 547 g/mol. The maximum Gasteiger partial charge on any atom is 0.320 e. The summed E-state index contributed by atoms with van der Waals surface area (Å²) >= 11 is 0. The third-order valence-corrected chi connectivity index (χ3v) is 7.69. The highest BCUT2D eigenvalue weighted by Crippen LogP contribution is 2.23. The molecular formula is C32H45N5O3. The molecule has 1 saturated heterocycles. The van der Waals surface area contributed by atoms with Crippen LogP contribution < -0.4 is 5.32 Å². The van der Waals surface area contributed by atoms with Crippen LogP contribution in [0.1, 0.15) is 72.5 Å². The molecule has 4 rings (SSSR count). The Morgan fingerprint density at radius 1 is 0.925 bits per heavy atom. The van der Waals surface area contributed by atoms with Gasteiger partial charge in [-0.05, 0) is 60.8 Å². The smallest absolute Gasteiger partial charge is 0.320 e. The standard InChI is InChI=1S/C32H45N5O3/c1-3-4-5-6-7-8-21-40-31(38)25-36-16-15-28-22-30(14-13-29(28)24-36)34-32(39)27-11-9-26(10-12-27)23-33-37-19-17-35(2)18-20-37/h9-14,22-23H,3-8,15-21,24-25H2,1-2H3,(H,34,39). The van der Waals surface area contributed by atoms with E-state index in [4.69, 9.17) is 4.74 Å². The minimum atomic E-state index is -0.141. The van der Waals surface area contributed by atoms with E-state index in [0.717, 1.165) is 63.2 Å². The Hall–Kier alpha value is -3.23. The molecule has 8 nitrogen and oxygen atoms in total. The van der Waals surface area contributed by atoms with Gasteiger partial charge < -0.3 is 15.0 Å². The predicted molar refractivity (Wildman–Crippen MR) is 161 cm³/mol. The Kier molecular flexibility index (Phi) is 11.5. The number of carbonyl (C=O) groups is 2. The molecule has 2 heterocycles. The summed E-state index contributed by atoms with van der Waals surface area (Å²) in [4.78, 5) is 29.6. The SMILES string of the molecule is CCCCCCCCOC(=O)CN1CCc2cc(NC(=O)c3ccc(C=NN4CCN(C)CC4)cc3)ccc2C1. The molecule has 8 heteroatoms. The van der Waals surface area contributed by atoms with Gasteiger partial charge in [-0.15, -0.1) is 0 Å². The molecule has 2 aliphatic rings. The van der Waals surface area contributed by atoms with Crippen molar-refractivity contribution in [2.75, 3.05) is 58.2 Å². The zero-order chi connectivity index (χ0) is 28.2. The van der Waals surface area contributed by atoms with Gasteiger partial charge >= 0.3 is 5.97 Å². The van der Waals surface area contributed by atoms with Gasteiger partial charge in [0, 0.05) is 50.5 Å². The zero-order valence-electron chi connectivity index (χ0n) is 24.2. The largest absolute Gasteiger partial charge is 0.465 e. The average molecular weight is 548 g/mol. The van der Waals surface area contributed by atoms with E-state index in [1.165, 1.54) is 36.8 Å². The van der Waals surface area contributed by atoms with Crippen molar-refractivity contribution in [2.24, 2.45) is 5.10 Å². The summed E-state index contributed by atoms with van der Waals surface area (Å²) in [7, 11) is 2.13. The number of ether oxygens (including phenoxy) is 1. The number of esters is 1. The molecule has 1 fully saturated rings. The van der Waals surface area contributed by atoms with Gasteiger partial charge in [0.2, 0.25) is 0 Å². The molecule has 0 radical (unpaired) electrons. The number of hydrazone groups is 1. The summed E-state index contributed by atoms with van der Waals surface area (Å²) < 4.78 is 5.46. The first-order chi connectivity index (χ1) is 19.5. The Morgan fingerprint density at radius 3 is 2.45 bits per heavy atom. The van der Waals surface area contributed by atoms with Crippen LogP contribution in [0, 0.1) is 0 Å². The van der Waals surface area contributed by atoms with Crippen molar-refractivity contribution >= 4 is 23.8 Å². The van der Waals surface area contributed by atoms with E-state index >= 15 is 0 Å². The highest BCUT2D eigenvalue weighted by molar-refractivity contribution is 6.04. The molecule has 2 aromatic rings. The van der Waals surface area contributed by atoms with Gasteiger partial charge in [0.05, 0.1) is 19.4 Å². The Bertz CT molecular complexity index is 1130. The number of rotatable bonds is 13. The van der Waals surface area contributed by atoms with E-state index in [1.807, 2.05) is 36.5 Å². The number of hydrogen-bond donors (Lipinski definition) is 1. The van der Waals surface area contributed by atoms with E-state index in [-0.39, 0.29) is 11.9 Å². The molecule has 40 heavy (non-hydrogen) atoms. The van der Waals surface area contributed by atoms with Crippen LogP contribution in [-0.4, -0.2) is 85.8 Å². The second-order valence-corrected chi connectivity index (χ2v) is 11.0. The molecule has 216 valence electrons. The normalized spacial score (nSPS) is 16.2. The molecule has 0 aromatic heterocycles. The second-order valence-electron chi connectivity index (χ2n) is 11.0. The third-order valence-electron chi connectivity index (χ3n) is 7.69. The number of carbonyl (C=O) groups excluding carboxylic acids is 2. The third kappa shape index (κ3) is 9.45. The van der Waals surface area contributed by atoms with E-state index in [9.17, 15) is 9.59 Å². The van der Waals surface area contributed by atoms with Gasteiger partial charge in [-0.2, -0.15) is 5.10 Å². The van der Waals surface area contributed by atoms with Gasteiger partial charge in [0.15, 0.2) is 0 Å². The van der Waals surface area contributed by atoms with Crippen LogP contribution in [0.5, 0.6) is 0 Å². The maximum absolute atomic E-state index is 12.9. The lowest BCUT2D eigenvalue weighted by Crippen LogP contribution is -2.41. The van der Waals surface area contributed by atoms with Crippen molar-refractivity contribution in [3.8, 4) is 0 Å². The fourth-order valence-electron chi connectivity index (χ4n) is 5.10. The lowest BCUT2D eigenvalue weighted by Gasteiger charge is -2.30.